The van der Waals surface area contributed by atoms with E-state index in [9.17, 15) is 4.79 Å². The zero-order valence-corrected chi connectivity index (χ0v) is 15.2. The van der Waals surface area contributed by atoms with E-state index >= 15 is 0 Å². The van der Waals surface area contributed by atoms with Crippen molar-refractivity contribution in [2.45, 2.75) is 39.0 Å². The Morgan fingerprint density at radius 1 is 1.00 bits per heavy atom. The minimum Gasteiger partial charge on any atom is -0.493 e. The molecule has 0 heterocycles. The molecule has 0 spiro atoms. The van der Waals surface area contributed by atoms with E-state index in [4.69, 9.17) is 4.74 Å². The van der Waals surface area contributed by atoms with E-state index < -0.39 is 0 Å². The molecule has 2 aromatic rings. The molecule has 0 bridgehead atoms. The highest BCUT2D eigenvalue weighted by atomic mass is 16.5. The maximum absolute atomic E-state index is 12.5. The largest absolute Gasteiger partial charge is 0.493 e. The van der Waals surface area contributed by atoms with Gasteiger partial charge >= 0.3 is 0 Å². The number of hydrogen-bond acceptors (Lipinski definition) is 3. The fourth-order valence-electron chi connectivity index (χ4n) is 2.81. The van der Waals surface area contributed by atoms with Crippen LogP contribution in [0.1, 0.15) is 49.4 Å². The van der Waals surface area contributed by atoms with Gasteiger partial charge in [0.1, 0.15) is 5.75 Å². The lowest BCUT2D eigenvalue weighted by Gasteiger charge is -2.13. The molecule has 2 rings (SSSR count). The lowest BCUT2D eigenvalue weighted by Crippen LogP contribution is -2.16. The second-order valence-electron chi connectivity index (χ2n) is 6.54. The third-order valence-electron chi connectivity index (χ3n) is 4.23. The fourth-order valence-corrected chi connectivity index (χ4v) is 2.81. The van der Waals surface area contributed by atoms with E-state index in [2.05, 4.69) is 6.92 Å². The average Bonchev–Trinajstić information content (AvgIpc) is 2.59. The summed E-state index contributed by atoms with van der Waals surface area (Å²) in [5, 5.41) is 2.02. The second-order valence-corrected chi connectivity index (χ2v) is 6.54. The first kappa shape index (κ1) is 18.5. The van der Waals surface area contributed by atoms with Crippen LogP contribution in [0.3, 0.4) is 0 Å². The first-order valence-electron chi connectivity index (χ1n) is 8.96. The summed E-state index contributed by atoms with van der Waals surface area (Å²) in [6.07, 6.45) is 5.30. The molecule has 0 fully saturated rings. The fraction of sp³-hybridized carbons (Fsp3) is 0.476. The quantitative estimate of drug-likeness (QED) is 0.457. The van der Waals surface area contributed by atoms with E-state index in [1.54, 1.807) is 0 Å². The number of rotatable bonds is 10. The summed E-state index contributed by atoms with van der Waals surface area (Å²) in [6, 6.07) is 11.9. The van der Waals surface area contributed by atoms with E-state index in [0.717, 1.165) is 41.7 Å². The molecule has 0 radical (unpaired) electrons. The van der Waals surface area contributed by atoms with Gasteiger partial charge in [0.05, 0.1) is 6.61 Å². The van der Waals surface area contributed by atoms with E-state index in [1.807, 2.05) is 55.4 Å². The molecule has 0 aliphatic heterocycles. The summed E-state index contributed by atoms with van der Waals surface area (Å²) in [5.41, 5.74) is 0.797. The molecule has 3 nitrogen and oxygen atoms in total. The molecule has 24 heavy (non-hydrogen) atoms. The normalized spacial score (nSPS) is 11.2. The van der Waals surface area contributed by atoms with Crippen LogP contribution in [0.25, 0.3) is 10.8 Å². The molecule has 0 N–H and O–H groups in total. The van der Waals surface area contributed by atoms with Crippen LogP contribution in [0, 0.1) is 0 Å². The molecule has 0 atom stereocenters. The van der Waals surface area contributed by atoms with Crippen molar-refractivity contribution in [3.63, 3.8) is 0 Å². The molecular weight excluding hydrogens is 298 g/mol. The zero-order valence-electron chi connectivity index (χ0n) is 15.2. The van der Waals surface area contributed by atoms with Crippen molar-refractivity contribution in [2.24, 2.45) is 0 Å². The van der Waals surface area contributed by atoms with Gasteiger partial charge in [-0.2, -0.15) is 0 Å². The van der Waals surface area contributed by atoms with Gasteiger partial charge in [0.15, 0.2) is 5.78 Å². The van der Waals surface area contributed by atoms with Gasteiger partial charge in [-0.1, -0.05) is 50.5 Å². The summed E-state index contributed by atoms with van der Waals surface area (Å²) < 4.78 is 5.98. The second kappa shape index (κ2) is 9.43. The highest BCUT2D eigenvalue weighted by Crippen LogP contribution is 2.29. The van der Waals surface area contributed by atoms with Crippen molar-refractivity contribution in [2.75, 3.05) is 27.2 Å². The molecule has 0 saturated heterocycles. The SMILES string of the molecule is CCCCCCOc1ccc(C(=O)CCN(C)C)c2ccccc12. The standard InChI is InChI=1S/C21H29NO2/c1-4-5-6-9-16-24-21-13-12-18(20(23)14-15-22(2)3)17-10-7-8-11-19(17)21/h7-8,10-13H,4-6,9,14-16H2,1-3H3. The number of fused-ring (bicyclic) bond motifs is 1. The number of Topliss-reactive ketones (excluding diaryl/α,β-unsaturated/α-hetero) is 1. The van der Waals surface area contributed by atoms with Gasteiger partial charge in [-0.3, -0.25) is 4.79 Å². The molecular formula is C21H29NO2. The van der Waals surface area contributed by atoms with Crippen LogP contribution in [-0.2, 0) is 0 Å². The third kappa shape index (κ3) is 5.07. The van der Waals surface area contributed by atoms with E-state index in [-0.39, 0.29) is 5.78 Å². The monoisotopic (exact) mass is 327 g/mol. The first-order chi connectivity index (χ1) is 11.6. The number of nitrogens with zero attached hydrogens (tertiary/aromatic N) is 1. The Bertz CT molecular complexity index is 664. The average molecular weight is 327 g/mol. The van der Waals surface area contributed by atoms with E-state index in [0.29, 0.717) is 6.42 Å². The van der Waals surface area contributed by atoms with Gasteiger partial charge < -0.3 is 9.64 Å². The number of carbonyl (C=O) groups is 1. The molecule has 130 valence electrons. The Kier molecular flexibility index (Phi) is 7.26. The Morgan fingerprint density at radius 3 is 2.46 bits per heavy atom. The third-order valence-corrected chi connectivity index (χ3v) is 4.23. The lowest BCUT2D eigenvalue weighted by atomic mass is 9.99. The number of ketones is 1. The molecule has 0 amide bonds. The van der Waals surface area contributed by atoms with Crippen LogP contribution in [0.2, 0.25) is 0 Å². The molecule has 0 saturated carbocycles. The minimum atomic E-state index is 0.189. The Morgan fingerprint density at radius 2 is 1.75 bits per heavy atom. The first-order valence-corrected chi connectivity index (χ1v) is 8.96. The van der Waals surface area contributed by atoms with Gasteiger partial charge in [-0.25, -0.2) is 0 Å². The minimum absolute atomic E-state index is 0.189. The van der Waals surface area contributed by atoms with Crippen LogP contribution in [-0.4, -0.2) is 37.9 Å². The molecule has 2 aromatic carbocycles. The van der Waals surface area contributed by atoms with Crippen molar-refractivity contribution in [3.05, 3.63) is 42.0 Å². The van der Waals surface area contributed by atoms with Gasteiger partial charge in [-0.15, -0.1) is 0 Å². The van der Waals surface area contributed by atoms with E-state index in [1.165, 1.54) is 19.3 Å². The van der Waals surface area contributed by atoms with Gasteiger partial charge in [-0.05, 0) is 38.0 Å². The topological polar surface area (TPSA) is 29.5 Å². The highest BCUT2D eigenvalue weighted by Gasteiger charge is 2.13. The molecule has 0 aromatic heterocycles. The zero-order chi connectivity index (χ0) is 17.4. The van der Waals surface area contributed by atoms with Crippen molar-refractivity contribution in [3.8, 4) is 5.75 Å². The lowest BCUT2D eigenvalue weighted by molar-refractivity contribution is 0.0974. The highest BCUT2D eigenvalue weighted by molar-refractivity contribution is 6.09. The van der Waals surface area contributed by atoms with Crippen LogP contribution >= 0.6 is 0 Å². The predicted octanol–water partition coefficient (Wildman–Crippen LogP) is 4.93. The van der Waals surface area contributed by atoms with Crippen molar-refractivity contribution in [1.29, 1.82) is 0 Å². The van der Waals surface area contributed by atoms with Crippen LogP contribution in [0.4, 0.5) is 0 Å². The number of unbranched alkanes of at least 4 members (excludes halogenated alkanes) is 3. The molecule has 0 aliphatic rings. The molecule has 3 heteroatoms. The predicted molar refractivity (Wildman–Crippen MR) is 101 cm³/mol. The number of ether oxygens (including phenoxy) is 1. The van der Waals surface area contributed by atoms with Gasteiger partial charge in [0, 0.05) is 23.9 Å². The Hall–Kier alpha value is -1.87. The number of carbonyl (C=O) groups excluding carboxylic acids is 1. The summed E-state index contributed by atoms with van der Waals surface area (Å²) >= 11 is 0. The van der Waals surface area contributed by atoms with Crippen LogP contribution < -0.4 is 4.74 Å². The maximum atomic E-state index is 12.5. The maximum Gasteiger partial charge on any atom is 0.164 e. The molecule has 0 aliphatic carbocycles. The smallest absolute Gasteiger partial charge is 0.164 e. The van der Waals surface area contributed by atoms with Crippen molar-refractivity contribution >= 4 is 16.6 Å². The summed E-state index contributed by atoms with van der Waals surface area (Å²) in [5.74, 6) is 1.07. The summed E-state index contributed by atoms with van der Waals surface area (Å²) in [6.45, 7) is 3.71. The van der Waals surface area contributed by atoms with Crippen molar-refractivity contribution < 1.29 is 9.53 Å². The van der Waals surface area contributed by atoms with Gasteiger partial charge in [0.2, 0.25) is 0 Å². The van der Waals surface area contributed by atoms with Crippen LogP contribution in [0.5, 0.6) is 5.75 Å². The van der Waals surface area contributed by atoms with Crippen LogP contribution in [0.15, 0.2) is 36.4 Å². The Balaban J connectivity index is 2.15. The number of hydrogen-bond donors (Lipinski definition) is 0. The molecule has 0 unspecified atom stereocenters. The van der Waals surface area contributed by atoms with Gasteiger partial charge in [0.25, 0.3) is 0 Å². The number of benzene rings is 2. The Labute approximate surface area is 145 Å². The summed E-state index contributed by atoms with van der Waals surface area (Å²) in [4.78, 5) is 14.6. The van der Waals surface area contributed by atoms with Crippen molar-refractivity contribution in [1.82, 2.24) is 4.90 Å². The summed E-state index contributed by atoms with van der Waals surface area (Å²) in [7, 11) is 3.97.